The first kappa shape index (κ1) is 22.2. The maximum Gasteiger partial charge on any atom is 0.261 e. The van der Waals surface area contributed by atoms with Gasteiger partial charge in [0.2, 0.25) is 0 Å². The van der Waals surface area contributed by atoms with Gasteiger partial charge in [0.15, 0.2) is 0 Å². The van der Waals surface area contributed by atoms with E-state index in [0.717, 1.165) is 11.1 Å². The lowest BCUT2D eigenvalue weighted by Crippen LogP contribution is -2.32. The van der Waals surface area contributed by atoms with Crippen molar-refractivity contribution in [2.24, 2.45) is 0 Å². The molecule has 3 aromatic carbocycles. The van der Waals surface area contributed by atoms with Gasteiger partial charge in [-0.2, -0.15) is 5.10 Å². The average Bonchev–Trinajstić information content (AvgIpc) is 3.28. The number of hydrogen-bond acceptors (Lipinski definition) is 4. The number of carbonyl (C=O) groups excluding carboxylic acids is 2. The fourth-order valence-corrected chi connectivity index (χ4v) is 4.34. The Labute approximate surface area is 203 Å². The number of allylic oxidation sites excluding steroid dienone is 1. The van der Waals surface area contributed by atoms with E-state index >= 15 is 0 Å². The summed E-state index contributed by atoms with van der Waals surface area (Å²) >= 11 is 0. The third-order valence-corrected chi connectivity index (χ3v) is 6.06. The molecule has 174 valence electrons. The van der Waals surface area contributed by atoms with Gasteiger partial charge >= 0.3 is 0 Å². The van der Waals surface area contributed by atoms with Gasteiger partial charge in [-0.3, -0.25) is 9.59 Å². The molecule has 4 aromatic rings. The van der Waals surface area contributed by atoms with Crippen molar-refractivity contribution in [2.75, 3.05) is 16.0 Å². The second-order valence-electron chi connectivity index (χ2n) is 8.41. The van der Waals surface area contributed by atoms with E-state index in [2.05, 4.69) is 21.0 Å². The van der Waals surface area contributed by atoms with Gasteiger partial charge in [-0.15, -0.1) is 0 Å². The zero-order valence-corrected chi connectivity index (χ0v) is 19.4. The van der Waals surface area contributed by atoms with E-state index in [4.69, 9.17) is 0 Å². The van der Waals surface area contributed by atoms with E-state index in [1.807, 2.05) is 98.8 Å². The first-order valence-corrected chi connectivity index (χ1v) is 11.4. The van der Waals surface area contributed by atoms with Crippen LogP contribution in [-0.4, -0.2) is 21.6 Å². The Morgan fingerprint density at radius 1 is 0.800 bits per heavy atom. The molecular weight excluding hydrogens is 438 g/mol. The molecule has 0 spiro atoms. The van der Waals surface area contributed by atoms with Crippen LogP contribution in [0, 0.1) is 6.92 Å². The van der Waals surface area contributed by atoms with Gasteiger partial charge in [-0.25, -0.2) is 4.68 Å². The van der Waals surface area contributed by atoms with Gasteiger partial charge in [0.1, 0.15) is 17.4 Å². The van der Waals surface area contributed by atoms with E-state index < -0.39 is 6.04 Å². The molecule has 0 saturated carbocycles. The minimum atomic E-state index is -0.505. The number of benzene rings is 3. The monoisotopic (exact) mass is 463 g/mol. The number of nitrogens with one attached hydrogen (secondary N) is 3. The van der Waals surface area contributed by atoms with Gasteiger partial charge in [0, 0.05) is 17.1 Å². The maximum absolute atomic E-state index is 13.5. The summed E-state index contributed by atoms with van der Waals surface area (Å²) in [6.45, 7) is 3.85. The van der Waals surface area contributed by atoms with Crippen molar-refractivity contribution in [3.63, 3.8) is 0 Å². The van der Waals surface area contributed by atoms with Crippen molar-refractivity contribution < 1.29 is 9.59 Å². The lowest BCUT2D eigenvalue weighted by Gasteiger charge is -2.31. The first-order chi connectivity index (χ1) is 17.0. The third kappa shape index (κ3) is 4.31. The first-order valence-electron chi connectivity index (χ1n) is 11.4. The molecule has 0 bridgehead atoms. The Morgan fingerprint density at radius 2 is 1.37 bits per heavy atom. The summed E-state index contributed by atoms with van der Waals surface area (Å²) in [6.07, 6.45) is 1.54. The molecule has 0 fully saturated rings. The van der Waals surface area contributed by atoms with Crippen LogP contribution in [0.2, 0.25) is 0 Å². The number of fused-ring (bicyclic) bond motifs is 1. The van der Waals surface area contributed by atoms with Crippen LogP contribution in [0.25, 0.3) is 0 Å². The van der Waals surface area contributed by atoms with Crippen molar-refractivity contribution >= 4 is 29.0 Å². The SMILES string of the molecule is CC1=C(C(=O)Nc2ccccc2)[C@H](c2ccccc2C)n2ncc(C(=O)Nc3ccccc3)c2N1. The molecule has 0 unspecified atom stereocenters. The molecule has 3 N–H and O–H groups in total. The smallest absolute Gasteiger partial charge is 0.261 e. The third-order valence-electron chi connectivity index (χ3n) is 6.06. The van der Waals surface area contributed by atoms with E-state index in [1.54, 1.807) is 4.68 Å². The molecular formula is C28H25N5O2. The fourth-order valence-electron chi connectivity index (χ4n) is 4.34. The van der Waals surface area contributed by atoms with Gasteiger partial charge in [-0.1, -0.05) is 60.7 Å². The van der Waals surface area contributed by atoms with Crippen LogP contribution in [0.4, 0.5) is 17.2 Å². The molecule has 2 heterocycles. The summed E-state index contributed by atoms with van der Waals surface area (Å²) in [4.78, 5) is 26.7. The van der Waals surface area contributed by atoms with E-state index in [0.29, 0.717) is 34.0 Å². The Kier molecular flexibility index (Phi) is 5.89. The molecule has 1 atom stereocenters. The quantitative estimate of drug-likeness (QED) is 0.371. The minimum absolute atomic E-state index is 0.231. The highest BCUT2D eigenvalue weighted by molar-refractivity contribution is 6.09. The van der Waals surface area contributed by atoms with Crippen molar-refractivity contribution in [3.05, 3.63) is 119 Å². The highest BCUT2D eigenvalue weighted by Crippen LogP contribution is 2.39. The Morgan fingerprint density at radius 3 is 2.00 bits per heavy atom. The summed E-state index contributed by atoms with van der Waals surface area (Å²) in [5.74, 6) is 0.0322. The zero-order chi connectivity index (χ0) is 24.4. The summed E-state index contributed by atoms with van der Waals surface area (Å²) in [5.41, 5.74) is 4.95. The average molecular weight is 464 g/mol. The largest absolute Gasteiger partial charge is 0.343 e. The van der Waals surface area contributed by atoms with E-state index in [-0.39, 0.29) is 11.8 Å². The van der Waals surface area contributed by atoms with Crippen molar-refractivity contribution in [1.29, 1.82) is 0 Å². The molecule has 1 aliphatic heterocycles. The molecule has 7 nitrogen and oxygen atoms in total. The number of amides is 2. The van der Waals surface area contributed by atoms with Gasteiger partial charge in [0.25, 0.3) is 11.8 Å². The Bertz CT molecular complexity index is 1420. The molecule has 0 saturated heterocycles. The lowest BCUT2D eigenvalue weighted by molar-refractivity contribution is -0.113. The molecule has 2 amide bonds. The van der Waals surface area contributed by atoms with Crippen LogP contribution in [0.5, 0.6) is 0 Å². The van der Waals surface area contributed by atoms with Gasteiger partial charge in [0.05, 0.1) is 11.8 Å². The second kappa shape index (κ2) is 9.30. The molecule has 1 aliphatic rings. The lowest BCUT2D eigenvalue weighted by atomic mass is 9.91. The maximum atomic E-state index is 13.5. The predicted molar refractivity (Wildman–Crippen MR) is 137 cm³/mol. The Balaban J connectivity index is 1.56. The number of carbonyl (C=O) groups is 2. The number of aryl methyl sites for hydroxylation is 1. The van der Waals surface area contributed by atoms with Crippen molar-refractivity contribution in [3.8, 4) is 0 Å². The number of para-hydroxylation sites is 2. The molecule has 0 aliphatic carbocycles. The molecule has 35 heavy (non-hydrogen) atoms. The minimum Gasteiger partial charge on any atom is -0.343 e. The standard InChI is InChI=1S/C28H25N5O2/c1-18-11-9-10-16-22(18)25-24(28(35)32-21-14-7-4-8-15-21)19(2)30-26-23(17-29-33(25)26)27(34)31-20-12-5-3-6-13-20/h3-17,25,30H,1-2H3,(H,31,34)(H,32,35)/t25-/m0/s1. The van der Waals surface area contributed by atoms with Crippen LogP contribution in [0.1, 0.15) is 34.5 Å². The zero-order valence-electron chi connectivity index (χ0n) is 19.4. The van der Waals surface area contributed by atoms with Crippen LogP contribution >= 0.6 is 0 Å². The van der Waals surface area contributed by atoms with Crippen molar-refractivity contribution in [2.45, 2.75) is 19.9 Å². The van der Waals surface area contributed by atoms with E-state index in [9.17, 15) is 9.59 Å². The fraction of sp³-hybridized carbons (Fsp3) is 0.107. The summed E-state index contributed by atoms with van der Waals surface area (Å²) in [6, 6.07) is 26.0. The van der Waals surface area contributed by atoms with Gasteiger partial charge < -0.3 is 16.0 Å². The summed E-state index contributed by atoms with van der Waals surface area (Å²) < 4.78 is 1.72. The predicted octanol–water partition coefficient (Wildman–Crippen LogP) is 5.37. The van der Waals surface area contributed by atoms with E-state index in [1.165, 1.54) is 6.20 Å². The van der Waals surface area contributed by atoms with Crippen LogP contribution in [0.3, 0.4) is 0 Å². The topological polar surface area (TPSA) is 88.0 Å². The number of rotatable bonds is 5. The highest BCUT2D eigenvalue weighted by atomic mass is 16.2. The Hall–Kier alpha value is -4.65. The summed E-state index contributed by atoms with van der Waals surface area (Å²) in [7, 11) is 0. The van der Waals surface area contributed by atoms with Crippen LogP contribution in [-0.2, 0) is 4.79 Å². The second-order valence-corrected chi connectivity index (χ2v) is 8.41. The number of nitrogens with zero attached hydrogens (tertiary/aromatic N) is 2. The van der Waals surface area contributed by atoms with Crippen LogP contribution < -0.4 is 16.0 Å². The van der Waals surface area contributed by atoms with Gasteiger partial charge in [-0.05, 0) is 49.2 Å². The highest BCUT2D eigenvalue weighted by Gasteiger charge is 2.35. The number of anilines is 3. The van der Waals surface area contributed by atoms with Crippen molar-refractivity contribution in [1.82, 2.24) is 9.78 Å². The molecule has 5 rings (SSSR count). The number of hydrogen-bond donors (Lipinski definition) is 3. The normalized spacial score (nSPS) is 14.6. The molecule has 7 heteroatoms. The summed E-state index contributed by atoms with van der Waals surface area (Å²) in [5, 5.41) is 13.8. The van der Waals surface area contributed by atoms with Crippen LogP contribution in [0.15, 0.2) is 102 Å². The molecule has 0 radical (unpaired) electrons. The number of aromatic nitrogens is 2. The molecule has 1 aromatic heterocycles.